The molecule has 1 fully saturated rings. The Morgan fingerprint density at radius 3 is 2.43 bits per heavy atom. The molecule has 4 heterocycles. The van der Waals surface area contributed by atoms with Crippen molar-refractivity contribution in [2.75, 3.05) is 18.5 Å². The number of hydrogen-bond acceptors (Lipinski definition) is 5. The van der Waals surface area contributed by atoms with Gasteiger partial charge in [0.2, 0.25) is 5.91 Å². The van der Waals surface area contributed by atoms with Gasteiger partial charge in [-0.3, -0.25) is 18.5 Å². The van der Waals surface area contributed by atoms with Gasteiger partial charge in [0, 0.05) is 58.6 Å². The van der Waals surface area contributed by atoms with E-state index in [9.17, 15) is 9.59 Å². The fourth-order valence-electron chi connectivity index (χ4n) is 6.38. The van der Waals surface area contributed by atoms with E-state index in [1.54, 1.807) is 66.1 Å². The van der Waals surface area contributed by atoms with Crippen LogP contribution in [0.15, 0.2) is 65.8 Å². The number of carbonyl (C=O) groups excluding carboxylic acids is 1. The van der Waals surface area contributed by atoms with E-state index in [2.05, 4.69) is 16.4 Å². The molecule has 0 bridgehead atoms. The number of rotatable bonds is 5. The number of nitrogens with one attached hydrogen (secondary N) is 1. The van der Waals surface area contributed by atoms with Gasteiger partial charge in [-0.1, -0.05) is 12.1 Å². The molecule has 0 saturated carbocycles. The first-order valence-corrected chi connectivity index (χ1v) is 14.6. The van der Waals surface area contributed by atoms with Crippen LogP contribution in [0.5, 0.6) is 0 Å². The van der Waals surface area contributed by atoms with Crippen LogP contribution in [0.2, 0.25) is 0 Å². The highest BCUT2D eigenvalue weighted by Crippen LogP contribution is 2.38. The van der Waals surface area contributed by atoms with E-state index in [4.69, 9.17) is 9.72 Å². The SMILES string of the molecule is CC(=O)Nc1ccc(-c2cc3nc(-c4cncn4C)n(-c4cc(C5CCOCC5)c5c(c4)n(C)c(=O)n5C)c3cc2F)cc1. The highest BCUT2D eigenvalue weighted by atomic mass is 19.1. The van der Waals surface area contributed by atoms with Crippen molar-refractivity contribution < 1.29 is 13.9 Å². The topological polar surface area (TPSA) is 101 Å². The van der Waals surface area contributed by atoms with Crippen molar-refractivity contribution in [1.82, 2.24) is 28.2 Å². The summed E-state index contributed by atoms with van der Waals surface area (Å²) in [5.74, 6) is 0.237. The highest BCUT2D eigenvalue weighted by molar-refractivity contribution is 5.91. The minimum atomic E-state index is -0.402. The Morgan fingerprint density at radius 2 is 1.75 bits per heavy atom. The van der Waals surface area contributed by atoms with Crippen molar-refractivity contribution in [2.24, 2.45) is 21.1 Å². The second kappa shape index (κ2) is 10.6. The lowest BCUT2D eigenvalue weighted by atomic mass is 9.90. The van der Waals surface area contributed by atoms with Crippen molar-refractivity contribution in [3.05, 3.63) is 82.9 Å². The first-order chi connectivity index (χ1) is 21.2. The summed E-state index contributed by atoms with van der Waals surface area (Å²) >= 11 is 0. The first-order valence-electron chi connectivity index (χ1n) is 14.6. The van der Waals surface area contributed by atoms with Gasteiger partial charge < -0.3 is 14.6 Å². The maximum Gasteiger partial charge on any atom is 0.328 e. The van der Waals surface area contributed by atoms with E-state index < -0.39 is 5.82 Å². The number of imidazole rings is 3. The summed E-state index contributed by atoms with van der Waals surface area (Å²) in [5.41, 5.74) is 7.10. The molecule has 0 atom stereocenters. The Balaban J connectivity index is 1.48. The van der Waals surface area contributed by atoms with Crippen LogP contribution in [-0.2, 0) is 30.7 Å². The fourth-order valence-corrected chi connectivity index (χ4v) is 6.38. The number of benzene rings is 3. The second-order valence-electron chi connectivity index (χ2n) is 11.4. The normalized spacial score (nSPS) is 14.1. The molecular weight excluding hydrogens is 561 g/mol. The van der Waals surface area contributed by atoms with Gasteiger partial charge in [0.25, 0.3) is 0 Å². The van der Waals surface area contributed by atoms with Gasteiger partial charge >= 0.3 is 5.69 Å². The zero-order valence-corrected chi connectivity index (χ0v) is 25.0. The summed E-state index contributed by atoms with van der Waals surface area (Å²) < 4.78 is 28.9. The lowest BCUT2D eigenvalue weighted by Gasteiger charge is -2.24. The summed E-state index contributed by atoms with van der Waals surface area (Å²) in [5, 5.41) is 2.74. The Morgan fingerprint density at radius 1 is 1.00 bits per heavy atom. The molecule has 0 unspecified atom stereocenters. The van der Waals surface area contributed by atoms with Gasteiger partial charge in [-0.2, -0.15) is 0 Å². The number of carbonyl (C=O) groups is 1. The van der Waals surface area contributed by atoms with Gasteiger partial charge in [-0.15, -0.1) is 0 Å². The number of anilines is 1. The Bertz CT molecular complexity index is 2130. The molecule has 1 saturated heterocycles. The number of hydrogen-bond donors (Lipinski definition) is 1. The lowest BCUT2D eigenvalue weighted by molar-refractivity contribution is -0.114. The number of halogens is 1. The zero-order chi connectivity index (χ0) is 30.7. The molecular formula is C33H32FN7O3. The van der Waals surface area contributed by atoms with Crippen LogP contribution in [0.3, 0.4) is 0 Å². The van der Waals surface area contributed by atoms with Crippen LogP contribution in [0.25, 0.3) is 50.4 Å². The summed E-state index contributed by atoms with van der Waals surface area (Å²) in [4.78, 5) is 33.9. The van der Waals surface area contributed by atoms with Crippen LogP contribution in [0, 0.1) is 5.82 Å². The van der Waals surface area contributed by atoms with Crippen molar-refractivity contribution in [3.8, 4) is 28.3 Å². The van der Waals surface area contributed by atoms with Crippen molar-refractivity contribution in [1.29, 1.82) is 0 Å². The lowest BCUT2D eigenvalue weighted by Crippen LogP contribution is -2.20. The summed E-state index contributed by atoms with van der Waals surface area (Å²) in [6.07, 6.45) is 5.14. The molecule has 1 aliphatic heterocycles. The Kier molecular flexibility index (Phi) is 6.69. The van der Waals surface area contributed by atoms with Gasteiger partial charge in [0.1, 0.15) is 11.5 Å². The molecule has 3 aromatic heterocycles. The van der Waals surface area contributed by atoms with Gasteiger partial charge in [0.05, 0.1) is 40.3 Å². The minimum Gasteiger partial charge on any atom is -0.381 e. The van der Waals surface area contributed by atoms with Gasteiger partial charge in [-0.05, 0) is 60.2 Å². The fraction of sp³-hybridized carbons (Fsp3) is 0.273. The van der Waals surface area contributed by atoms with Crippen molar-refractivity contribution >= 4 is 33.7 Å². The van der Waals surface area contributed by atoms with E-state index >= 15 is 4.39 Å². The molecule has 11 heteroatoms. The molecule has 6 aromatic rings. The molecule has 0 radical (unpaired) electrons. The average Bonchev–Trinajstić information content (AvgIpc) is 3.67. The quantitative estimate of drug-likeness (QED) is 0.293. The minimum absolute atomic E-state index is 0.104. The third kappa shape index (κ3) is 4.51. The molecule has 10 nitrogen and oxygen atoms in total. The predicted molar refractivity (Wildman–Crippen MR) is 167 cm³/mol. The average molecular weight is 594 g/mol. The number of aromatic nitrogens is 6. The third-order valence-electron chi connectivity index (χ3n) is 8.60. The smallest absolute Gasteiger partial charge is 0.328 e. The van der Waals surface area contributed by atoms with E-state index in [-0.39, 0.29) is 17.5 Å². The van der Waals surface area contributed by atoms with Crippen LogP contribution in [-0.4, -0.2) is 47.4 Å². The molecule has 3 aromatic carbocycles. The maximum atomic E-state index is 16.0. The second-order valence-corrected chi connectivity index (χ2v) is 11.4. The monoisotopic (exact) mass is 593 g/mol. The van der Waals surface area contributed by atoms with Crippen LogP contribution in [0.4, 0.5) is 10.1 Å². The third-order valence-corrected chi connectivity index (χ3v) is 8.60. The van der Waals surface area contributed by atoms with Crippen molar-refractivity contribution in [3.63, 3.8) is 0 Å². The standard InChI is InChI=1S/C33H32FN7O3/c1-19(42)36-22-7-5-20(6-8-22)24-15-27-28(16-26(24)34)41(32(37-27)30-17-35-18-38(30)2)23-13-25(21-9-11-44-12-10-21)31-29(14-23)39(3)33(43)40(31)4/h5-8,13-18,21H,9-12H2,1-4H3,(H,36,42). The van der Waals surface area contributed by atoms with E-state index in [0.717, 1.165) is 40.8 Å². The van der Waals surface area contributed by atoms with Crippen LogP contribution >= 0.6 is 0 Å². The highest BCUT2D eigenvalue weighted by Gasteiger charge is 2.26. The van der Waals surface area contributed by atoms with Crippen LogP contribution < -0.4 is 11.0 Å². The molecule has 1 amide bonds. The first kappa shape index (κ1) is 27.8. The summed E-state index contributed by atoms with van der Waals surface area (Å²) in [7, 11) is 5.48. The van der Waals surface area contributed by atoms with Gasteiger partial charge in [0.15, 0.2) is 5.82 Å². The van der Waals surface area contributed by atoms with E-state index in [1.807, 2.05) is 22.2 Å². The number of ether oxygens (including phenoxy) is 1. The number of amides is 1. The maximum absolute atomic E-state index is 16.0. The Labute approximate surface area is 252 Å². The molecule has 1 aliphatic rings. The molecule has 7 rings (SSSR count). The van der Waals surface area contributed by atoms with Crippen LogP contribution in [0.1, 0.15) is 31.2 Å². The molecule has 224 valence electrons. The number of nitrogens with zero attached hydrogens (tertiary/aromatic N) is 6. The summed E-state index contributed by atoms with van der Waals surface area (Å²) in [6, 6.07) is 14.4. The van der Waals surface area contributed by atoms with E-state index in [1.165, 1.54) is 13.0 Å². The predicted octanol–water partition coefficient (Wildman–Crippen LogP) is 5.27. The Hall–Kier alpha value is -5.03. The van der Waals surface area contributed by atoms with E-state index in [0.29, 0.717) is 46.9 Å². The molecule has 44 heavy (non-hydrogen) atoms. The molecule has 0 aliphatic carbocycles. The zero-order valence-electron chi connectivity index (χ0n) is 25.0. The number of fused-ring (bicyclic) bond motifs is 2. The molecule has 1 N–H and O–H groups in total. The summed E-state index contributed by atoms with van der Waals surface area (Å²) in [6.45, 7) is 2.76. The number of aryl methyl sites for hydroxylation is 3. The molecule has 0 spiro atoms. The van der Waals surface area contributed by atoms with Gasteiger partial charge in [-0.25, -0.2) is 19.2 Å². The largest absolute Gasteiger partial charge is 0.381 e. The van der Waals surface area contributed by atoms with Crippen molar-refractivity contribution in [2.45, 2.75) is 25.7 Å².